The number of carbonyl (C=O) groups excluding carboxylic acids is 1. The molecule has 7 heteroatoms. The molecule has 0 spiro atoms. The molecule has 0 unspecified atom stereocenters. The van der Waals surface area contributed by atoms with Crippen molar-refractivity contribution in [1.82, 2.24) is 15.0 Å². The molecular weight excluding hydrogens is 264 g/mol. The summed E-state index contributed by atoms with van der Waals surface area (Å²) in [7, 11) is 0. The number of H-pyrrole nitrogens is 1. The van der Waals surface area contributed by atoms with Crippen LogP contribution in [-0.4, -0.2) is 32.6 Å². The van der Waals surface area contributed by atoms with Gasteiger partial charge in [-0.05, 0) is 12.1 Å². The lowest BCUT2D eigenvalue weighted by atomic mass is 10.2. The minimum atomic E-state index is -0.550. The Morgan fingerprint density at radius 3 is 3.26 bits per heavy atom. The van der Waals surface area contributed by atoms with Crippen LogP contribution >= 0.6 is 11.3 Å². The molecule has 0 atom stereocenters. The Morgan fingerprint density at radius 1 is 1.53 bits per heavy atom. The van der Waals surface area contributed by atoms with Crippen LogP contribution in [0.4, 0.5) is 5.13 Å². The number of aliphatic hydroxyl groups excluding tert-OH is 1. The molecule has 0 saturated heterocycles. The fraction of sp³-hybridized carbons (Fsp3) is 0.0833. The van der Waals surface area contributed by atoms with Crippen LogP contribution in [-0.2, 0) is 4.79 Å². The Balaban J connectivity index is 1.96. The number of aliphatic hydroxyl groups is 1. The summed E-state index contributed by atoms with van der Waals surface area (Å²) in [5.41, 5.74) is 2.49. The third-order valence-electron chi connectivity index (χ3n) is 2.62. The first-order chi connectivity index (χ1) is 9.28. The highest BCUT2D eigenvalue weighted by molar-refractivity contribution is 7.14. The number of thiazole rings is 1. The molecule has 3 aromatic heterocycles. The van der Waals surface area contributed by atoms with Crippen LogP contribution in [0.15, 0.2) is 29.9 Å². The van der Waals surface area contributed by atoms with E-state index in [1.54, 1.807) is 6.20 Å². The van der Waals surface area contributed by atoms with Gasteiger partial charge in [-0.15, -0.1) is 11.3 Å². The van der Waals surface area contributed by atoms with E-state index < -0.39 is 12.5 Å². The van der Waals surface area contributed by atoms with Crippen LogP contribution in [0.25, 0.3) is 22.3 Å². The third-order valence-corrected chi connectivity index (χ3v) is 3.38. The molecule has 0 aliphatic heterocycles. The summed E-state index contributed by atoms with van der Waals surface area (Å²) >= 11 is 1.31. The number of pyridine rings is 1. The number of aromatic amines is 1. The largest absolute Gasteiger partial charge is 0.387 e. The fourth-order valence-corrected chi connectivity index (χ4v) is 2.51. The maximum atomic E-state index is 11.1. The summed E-state index contributed by atoms with van der Waals surface area (Å²) in [5.74, 6) is -0.471. The van der Waals surface area contributed by atoms with E-state index in [9.17, 15) is 4.79 Å². The Kier molecular flexibility index (Phi) is 2.98. The maximum absolute atomic E-state index is 11.1. The molecule has 0 radical (unpaired) electrons. The van der Waals surface area contributed by atoms with Gasteiger partial charge in [0.05, 0.1) is 5.69 Å². The Hall–Kier alpha value is -2.25. The minimum absolute atomic E-state index is 0.465. The normalized spacial score (nSPS) is 10.8. The molecule has 0 bridgehead atoms. The monoisotopic (exact) mass is 274 g/mol. The van der Waals surface area contributed by atoms with Crippen molar-refractivity contribution < 1.29 is 9.90 Å². The van der Waals surface area contributed by atoms with E-state index in [1.807, 2.05) is 23.7 Å². The first kappa shape index (κ1) is 11.8. The lowest BCUT2D eigenvalue weighted by Crippen LogP contribution is -2.15. The second kappa shape index (κ2) is 4.79. The van der Waals surface area contributed by atoms with Gasteiger partial charge in [0, 0.05) is 28.7 Å². The average Bonchev–Trinajstić information content (AvgIpc) is 3.04. The summed E-state index contributed by atoms with van der Waals surface area (Å²) in [6.45, 7) is -0.550. The maximum Gasteiger partial charge on any atom is 0.251 e. The van der Waals surface area contributed by atoms with E-state index in [0.717, 1.165) is 22.3 Å². The van der Waals surface area contributed by atoms with Crippen LogP contribution in [0.3, 0.4) is 0 Å². The number of hydrogen-bond donors (Lipinski definition) is 3. The van der Waals surface area contributed by atoms with E-state index in [4.69, 9.17) is 5.11 Å². The van der Waals surface area contributed by atoms with Gasteiger partial charge in [0.15, 0.2) is 5.13 Å². The van der Waals surface area contributed by atoms with Crippen molar-refractivity contribution in [3.05, 3.63) is 29.9 Å². The van der Waals surface area contributed by atoms with Gasteiger partial charge in [-0.25, -0.2) is 9.97 Å². The van der Waals surface area contributed by atoms with E-state index in [1.165, 1.54) is 11.3 Å². The molecule has 3 rings (SSSR count). The van der Waals surface area contributed by atoms with Crippen molar-refractivity contribution in [2.24, 2.45) is 0 Å². The minimum Gasteiger partial charge on any atom is -0.387 e. The van der Waals surface area contributed by atoms with Gasteiger partial charge in [-0.3, -0.25) is 10.1 Å². The van der Waals surface area contributed by atoms with Gasteiger partial charge in [0.1, 0.15) is 12.3 Å². The number of nitrogens with zero attached hydrogens (tertiary/aromatic N) is 2. The SMILES string of the molecule is O=C(CO)Nc1nc(-c2c[nH]c3ncccc23)cs1. The number of hydrogen-bond acceptors (Lipinski definition) is 5. The standard InChI is InChI=1S/C12H10N4O2S/c17-5-10(18)16-12-15-9(6-19-12)8-4-14-11-7(8)2-1-3-13-11/h1-4,6,17H,5H2,(H,13,14)(H,15,16,18). The van der Waals surface area contributed by atoms with Crippen LogP contribution in [0.2, 0.25) is 0 Å². The zero-order valence-electron chi connectivity index (χ0n) is 9.75. The number of fused-ring (bicyclic) bond motifs is 1. The molecule has 3 heterocycles. The van der Waals surface area contributed by atoms with Crippen molar-refractivity contribution >= 4 is 33.4 Å². The molecular formula is C12H10N4O2S. The molecule has 3 aromatic rings. The van der Waals surface area contributed by atoms with Gasteiger partial charge in [0.25, 0.3) is 5.91 Å². The predicted molar refractivity (Wildman–Crippen MR) is 72.9 cm³/mol. The van der Waals surface area contributed by atoms with Crippen LogP contribution in [0, 0.1) is 0 Å². The topological polar surface area (TPSA) is 90.9 Å². The Morgan fingerprint density at radius 2 is 2.42 bits per heavy atom. The van der Waals surface area contributed by atoms with E-state index in [2.05, 4.69) is 20.3 Å². The van der Waals surface area contributed by atoms with Gasteiger partial charge < -0.3 is 10.1 Å². The lowest BCUT2D eigenvalue weighted by molar-refractivity contribution is -0.118. The average molecular weight is 274 g/mol. The molecule has 0 aromatic carbocycles. The molecule has 0 saturated carbocycles. The summed E-state index contributed by atoms with van der Waals surface area (Å²) in [4.78, 5) is 22.7. The first-order valence-electron chi connectivity index (χ1n) is 5.56. The number of amides is 1. The zero-order chi connectivity index (χ0) is 13.2. The highest BCUT2D eigenvalue weighted by Gasteiger charge is 2.11. The second-order valence-corrected chi connectivity index (χ2v) is 4.70. The van der Waals surface area contributed by atoms with Gasteiger partial charge in [-0.2, -0.15) is 0 Å². The van der Waals surface area contributed by atoms with Crippen molar-refractivity contribution in [2.45, 2.75) is 0 Å². The molecule has 19 heavy (non-hydrogen) atoms. The Bertz CT molecular complexity index is 734. The van der Waals surface area contributed by atoms with Crippen LogP contribution in [0.5, 0.6) is 0 Å². The molecule has 96 valence electrons. The fourth-order valence-electron chi connectivity index (χ4n) is 1.78. The van der Waals surface area contributed by atoms with Gasteiger partial charge >= 0.3 is 0 Å². The highest BCUT2D eigenvalue weighted by Crippen LogP contribution is 2.30. The van der Waals surface area contributed by atoms with E-state index in [-0.39, 0.29) is 0 Å². The molecule has 0 aliphatic carbocycles. The number of aromatic nitrogens is 3. The zero-order valence-corrected chi connectivity index (χ0v) is 10.6. The summed E-state index contributed by atoms with van der Waals surface area (Å²) in [6.07, 6.45) is 3.56. The summed E-state index contributed by atoms with van der Waals surface area (Å²) in [6, 6.07) is 3.82. The summed E-state index contributed by atoms with van der Waals surface area (Å²) < 4.78 is 0. The summed E-state index contributed by atoms with van der Waals surface area (Å²) in [5, 5.41) is 14.5. The molecule has 6 nitrogen and oxygen atoms in total. The smallest absolute Gasteiger partial charge is 0.251 e. The van der Waals surface area contributed by atoms with Crippen molar-refractivity contribution in [3.8, 4) is 11.3 Å². The van der Waals surface area contributed by atoms with E-state index in [0.29, 0.717) is 5.13 Å². The Labute approximate surface area is 112 Å². The van der Waals surface area contributed by atoms with Crippen molar-refractivity contribution in [3.63, 3.8) is 0 Å². The quantitative estimate of drug-likeness (QED) is 0.677. The first-order valence-corrected chi connectivity index (χ1v) is 6.44. The lowest BCUT2D eigenvalue weighted by Gasteiger charge is -1.96. The van der Waals surface area contributed by atoms with Crippen molar-refractivity contribution in [1.29, 1.82) is 0 Å². The van der Waals surface area contributed by atoms with Gasteiger partial charge in [-0.1, -0.05) is 0 Å². The highest BCUT2D eigenvalue weighted by atomic mass is 32.1. The van der Waals surface area contributed by atoms with Gasteiger partial charge in [0.2, 0.25) is 0 Å². The van der Waals surface area contributed by atoms with E-state index >= 15 is 0 Å². The molecule has 0 fully saturated rings. The number of anilines is 1. The number of carbonyl (C=O) groups is 1. The van der Waals surface area contributed by atoms with Crippen LogP contribution in [0.1, 0.15) is 0 Å². The number of nitrogens with one attached hydrogen (secondary N) is 2. The van der Waals surface area contributed by atoms with Crippen LogP contribution < -0.4 is 5.32 Å². The molecule has 0 aliphatic rings. The number of rotatable bonds is 3. The second-order valence-electron chi connectivity index (χ2n) is 3.85. The molecule has 3 N–H and O–H groups in total. The van der Waals surface area contributed by atoms with Crippen molar-refractivity contribution in [2.75, 3.05) is 11.9 Å². The third kappa shape index (κ3) is 2.20. The molecule has 1 amide bonds. The predicted octanol–water partition coefficient (Wildman–Crippen LogP) is 1.62.